The summed E-state index contributed by atoms with van der Waals surface area (Å²) < 4.78 is 28.5. The topological polar surface area (TPSA) is 59.3 Å². The van der Waals surface area contributed by atoms with E-state index in [1.165, 1.54) is 5.56 Å². The van der Waals surface area contributed by atoms with E-state index in [2.05, 4.69) is 5.32 Å². The molecule has 0 aliphatic carbocycles. The van der Waals surface area contributed by atoms with Gasteiger partial charge in [0.05, 0.1) is 5.75 Å². The lowest BCUT2D eigenvalue weighted by molar-refractivity contribution is 0.486. The lowest BCUT2D eigenvalue weighted by Crippen LogP contribution is -2.19. The quantitative estimate of drug-likeness (QED) is 0.854. The molecule has 0 amide bonds. The molecule has 16 heavy (non-hydrogen) atoms. The van der Waals surface area contributed by atoms with Crippen LogP contribution >= 0.6 is 0 Å². The van der Waals surface area contributed by atoms with Gasteiger partial charge in [-0.1, -0.05) is 0 Å². The third kappa shape index (κ3) is 2.15. The normalized spacial score (nSPS) is 18.4. The summed E-state index contributed by atoms with van der Waals surface area (Å²) in [6.45, 7) is 2.80. The highest BCUT2D eigenvalue weighted by atomic mass is 32.2. The highest BCUT2D eigenvalue weighted by molar-refractivity contribution is 7.90. The molecular weight excluding hydrogens is 226 g/mol. The molecule has 1 aliphatic heterocycles. The first-order valence-electron chi connectivity index (χ1n) is 5.48. The molecule has 1 aromatic heterocycles. The lowest BCUT2D eigenvalue weighted by atomic mass is 10.0. The highest BCUT2D eigenvalue weighted by Crippen LogP contribution is 2.29. The van der Waals surface area contributed by atoms with Crippen molar-refractivity contribution in [3.05, 3.63) is 22.6 Å². The maximum atomic E-state index is 11.5. The van der Waals surface area contributed by atoms with Crippen LogP contribution < -0.4 is 5.32 Å². The number of likely N-dealkylation sites (N-methyl/N-ethyl adjacent to an activating group) is 1. The molecule has 0 aromatic carbocycles. The Labute approximate surface area is 95.9 Å². The third-order valence-corrected chi connectivity index (χ3v) is 4.57. The second-order valence-electron chi connectivity index (χ2n) is 4.23. The Bertz CT molecular complexity index is 488. The number of hydrogen-bond donors (Lipinski definition) is 1. The maximum Gasteiger partial charge on any atom is 0.157 e. The Balaban J connectivity index is 2.33. The Morgan fingerprint density at radius 1 is 1.44 bits per heavy atom. The molecule has 1 aliphatic rings. The minimum absolute atomic E-state index is 0.0721. The van der Waals surface area contributed by atoms with Gasteiger partial charge in [0.25, 0.3) is 0 Å². The summed E-state index contributed by atoms with van der Waals surface area (Å²) in [6.07, 6.45) is 1.51. The van der Waals surface area contributed by atoms with Crippen molar-refractivity contribution in [1.29, 1.82) is 0 Å². The molecule has 0 bridgehead atoms. The van der Waals surface area contributed by atoms with E-state index in [0.717, 1.165) is 24.3 Å². The van der Waals surface area contributed by atoms with Crippen molar-refractivity contribution in [1.82, 2.24) is 5.32 Å². The van der Waals surface area contributed by atoms with E-state index in [9.17, 15) is 8.42 Å². The van der Waals surface area contributed by atoms with Gasteiger partial charge in [0.2, 0.25) is 0 Å². The van der Waals surface area contributed by atoms with E-state index in [1.54, 1.807) is 0 Å². The van der Waals surface area contributed by atoms with Crippen LogP contribution in [0.15, 0.2) is 4.42 Å². The van der Waals surface area contributed by atoms with E-state index >= 15 is 0 Å². The number of nitrogens with one attached hydrogen (secondary N) is 1. The van der Waals surface area contributed by atoms with E-state index in [4.69, 9.17) is 4.42 Å². The predicted octanol–water partition coefficient (Wildman–Crippen LogP) is 0.821. The summed E-state index contributed by atoms with van der Waals surface area (Å²) in [5.74, 6) is 1.86. The maximum absolute atomic E-state index is 11.5. The van der Waals surface area contributed by atoms with E-state index in [-0.39, 0.29) is 11.5 Å². The first-order chi connectivity index (χ1) is 7.53. The summed E-state index contributed by atoms with van der Waals surface area (Å²) in [5.41, 5.74) is 2.32. The van der Waals surface area contributed by atoms with E-state index in [0.29, 0.717) is 12.2 Å². The number of fused-ring (bicyclic) bond motifs is 1. The Hall–Kier alpha value is -0.810. The fourth-order valence-electron chi connectivity index (χ4n) is 2.20. The van der Waals surface area contributed by atoms with E-state index in [1.807, 2.05) is 14.0 Å². The monoisotopic (exact) mass is 243 g/mol. The molecule has 1 aromatic rings. The zero-order valence-corrected chi connectivity index (χ0v) is 10.5. The molecule has 0 radical (unpaired) electrons. The Kier molecular flexibility index (Phi) is 3.08. The van der Waals surface area contributed by atoms with E-state index < -0.39 is 9.84 Å². The molecule has 0 atom stereocenters. The summed E-state index contributed by atoms with van der Waals surface area (Å²) in [5, 5.41) is 3.10. The van der Waals surface area contributed by atoms with Crippen LogP contribution in [0.4, 0.5) is 0 Å². The van der Waals surface area contributed by atoms with Crippen LogP contribution in [0.5, 0.6) is 0 Å². The largest absolute Gasteiger partial charge is 0.465 e. The van der Waals surface area contributed by atoms with Gasteiger partial charge in [-0.25, -0.2) is 8.42 Å². The number of furan rings is 1. The summed E-state index contributed by atoms with van der Waals surface area (Å²) in [4.78, 5) is 0. The van der Waals surface area contributed by atoms with Gasteiger partial charge in [0.15, 0.2) is 9.84 Å². The van der Waals surface area contributed by atoms with Gasteiger partial charge < -0.3 is 9.73 Å². The average Bonchev–Trinajstić information content (AvgIpc) is 2.48. The molecule has 0 spiro atoms. The van der Waals surface area contributed by atoms with Crippen molar-refractivity contribution in [2.45, 2.75) is 25.5 Å². The summed E-state index contributed by atoms with van der Waals surface area (Å²) >= 11 is 0. The minimum Gasteiger partial charge on any atom is -0.465 e. The molecule has 0 unspecified atom stereocenters. The summed E-state index contributed by atoms with van der Waals surface area (Å²) in [6, 6.07) is 0. The highest BCUT2D eigenvalue weighted by Gasteiger charge is 2.27. The molecule has 0 saturated carbocycles. The van der Waals surface area contributed by atoms with Crippen LogP contribution in [0.3, 0.4) is 0 Å². The van der Waals surface area contributed by atoms with Crippen LogP contribution in [0.25, 0.3) is 0 Å². The Morgan fingerprint density at radius 3 is 2.88 bits per heavy atom. The average molecular weight is 243 g/mol. The smallest absolute Gasteiger partial charge is 0.157 e. The van der Waals surface area contributed by atoms with Gasteiger partial charge in [-0.15, -0.1) is 0 Å². The first kappa shape index (κ1) is 11.7. The van der Waals surface area contributed by atoms with Crippen LogP contribution in [-0.4, -0.2) is 27.8 Å². The third-order valence-electron chi connectivity index (χ3n) is 3.04. The SMILES string of the molecule is CNCCc1c(C)oc2c1CCS(=O)(=O)C2. The number of aryl methyl sites for hydroxylation is 1. The molecule has 0 saturated heterocycles. The molecular formula is C11H17NO3S. The molecule has 2 heterocycles. The second kappa shape index (κ2) is 4.22. The van der Waals surface area contributed by atoms with Crippen molar-refractivity contribution in [2.24, 2.45) is 0 Å². The van der Waals surface area contributed by atoms with Gasteiger partial charge in [0.1, 0.15) is 17.3 Å². The fourth-order valence-corrected chi connectivity index (χ4v) is 3.49. The van der Waals surface area contributed by atoms with Crippen molar-refractivity contribution in [3.63, 3.8) is 0 Å². The molecule has 4 nitrogen and oxygen atoms in total. The van der Waals surface area contributed by atoms with Crippen molar-refractivity contribution < 1.29 is 12.8 Å². The number of sulfone groups is 1. The number of rotatable bonds is 3. The predicted molar refractivity (Wildman–Crippen MR) is 62.3 cm³/mol. The van der Waals surface area contributed by atoms with Crippen LogP contribution in [0, 0.1) is 6.92 Å². The van der Waals surface area contributed by atoms with Crippen LogP contribution in [0.2, 0.25) is 0 Å². The molecule has 5 heteroatoms. The van der Waals surface area contributed by atoms with Crippen LogP contribution in [-0.2, 0) is 28.4 Å². The van der Waals surface area contributed by atoms with Gasteiger partial charge in [-0.05, 0) is 44.5 Å². The number of hydrogen-bond acceptors (Lipinski definition) is 4. The molecule has 0 fully saturated rings. The van der Waals surface area contributed by atoms with Gasteiger partial charge >= 0.3 is 0 Å². The molecule has 2 rings (SSSR count). The summed E-state index contributed by atoms with van der Waals surface area (Å²) in [7, 11) is -1.02. The standard InChI is InChI=1S/C11H17NO3S/c1-8-9(3-5-12-2)10-4-6-16(13,14)7-11(10)15-8/h12H,3-7H2,1-2H3. The lowest BCUT2D eigenvalue weighted by Gasteiger charge is -2.12. The zero-order chi connectivity index (χ0) is 11.8. The van der Waals surface area contributed by atoms with Gasteiger partial charge in [-0.2, -0.15) is 0 Å². The van der Waals surface area contributed by atoms with Crippen molar-refractivity contribution >= 4 is 9.84 Å². The van der Waals surface area contributed by atoms with Crippen molar-refractivity contribution in [2.75, 3.05) is 19.3 Å². The van der Waals surface area contributed by atoms with Gasteiger partial charge in [-0.3, -0.25) is 0 Å². The van der Waals surface area contributed by atoms with Crippen molar-refractivity contribution in [3.8, 4) is 0 Å². The first-order valence-corrected chi connectivity index (χ1v) is 7.30. The zero-order valence-electron chi connectivity index (χ0n) is 9.67. The molecule has 1 N–H and O–H groups in total. The minimum atomic E-state index is -2.93. The fraction of sp³-hybridized carbons (Fsp3) is 0.636. The Morgan fingerprint density at radius 2 is 2.19 bits per heavy atom. The van der Waals surface area contributed by atoms with Crippen LogP contribution in [0.1, 0.15) is 22.6 Å². The molecule has 90 valence electrons. The van der Waals surface area contributed by atoms with Gasteiger partial charge in [0, 0.05) is 0 Å². The second-order valence-corrected chi connectivity index (χ2v) is 6.42.